The zero-order valence-electron chi connectivity index (χ0n) is 11.5. The summed E-state index contributed by atoms with van der Waals surface area (Å²) < 4.78 is 5.06. The van der Waals surface area contributed by atoms with Crippen LogP contribution in [-0.2, 0) is 4.79 Å². The van der Waals surface area contributed by atoms with Crippen LogP contribution in [0, 0.1) is 0 Å². The molecular formula is C14H15N3O3S. The first-order valence-electron chi connectivity index (χ1n) is 6.30. The van der Waals surface area contributed by atoms with Crippen molar-refractivity contribution in [3.63, 3.8) is 0 Å². The van der Waals surface area contributed by atoms with E-state index < -0.39 is 0 Å². The maximum absolute atomic E-state index is 11.9. The lowest BCUT2D eigenvalue weighted by atomic mass is 10.2. The molecule has 0 saturated heterocycles. The minimum Gasteiger partial charge on any atom is -0.497 e. The zero-order valence-corrected chi connectivity index (χ0v) is 12.3. The molecule has 0 saturated carbocycles. The van der Waals surface area contributed by atoms with Gasteiger partial charge in [-0.3, -0.25) is 9.59 Å². The van der Waals surface area contributed by atoms with Crippen molar-refractivity contribution >= 4 is 28.3 Å². The summed E-state index contributed by atoms with van der Waals surface area (Å²) in [4.78, 5) is 27.5. The molecule has 7 heteroatoms. The standard InChI is InChI=1S/C14H15N3O3S/c1-20-11-4-2-3-10(9-11)13(19)15-6-5-12(18)17-14-16-7-8-21-14/h2-4,7-9H,5-6H2,1H3,(H,15,19)(H,16,17,18). The van der Waals surface area contributed by atoms with Crippen LogP contribution >= 0.6 is 11.3 Å². The number of carbonyl (C=O) groups excluding carboxylic acids is 2. The Kier molecular flexibility index (Phi) is 5.28. The highest BCUT2D eigenvalue weighted by Gasteiger charge is 2.08. The third-order valence-corrected chi connectivity index (χ3v) is 3.34. The van der Waals surface area contributed by atoms with E-state index in [1.54, 1.807) is 43.0 Å². The van der Waals surface area contributed by atoms with Gasteiger partial charge in [-0.1, -0.05) is 6.07 Å². The monoisotopic (exact) mass is 305 g/mol. The van der Waals surface area contributed by atoms with Gasteiger partial charge in [-0.15, -0.1) is 11.3 Å². The SMILES string of the molecule is COc1cccc(C(=O)NCCC(=O)Nc2nccs2)c1. The largest absolute Gasteiger partial charge is 0.497 e. The van der Waals surface area contributed by atoms with Gasteiger partial charge in [-0.05, 0) is 18.2 Å². The van der Waals surface area contributed by atoms with E-state index in [-0.39, 0.29) is 24.8 Å². The highest BCUT2D eigenvalue weighted by molar-refractivity contribution is 7.13. The second kappa shape index (κ2) is 7.39. The molecule has 0 atom stereocenters. The maximum atomic E-state index is 11.9. The molecule has 0 aliphatic carbocycles. The number of thiazole rings is 1. The average Bonchev–Trinajstić information content (AvgIpc) is 3.00. The topological polar surface area (TPSA) is 80.3 Å². The van der Waals surface area contributed by atoms with Gasteiger partial charge in [-0.25, -0.2) is 4.98 Å². The number of nitrogens with one attached hydrogen (secondary N) is 2. The van der Waals surface area contributed by atoms with Crippen molar-refractivity contribution in [3.05, 3.63) is 41.4 Å². The van der Waals surface area contributed by atoms with Gasteiger partial charge in [0, 0.05) is 30.1 Å². The van der Waals surface area contributed by atoms with Crippen LogP contribution in [0.1, 0.15) is 16.8 Å². The molecule has 1 aromatic carbocycles. The Morgan fingerprint density at radius 1 is 1.38 bits per heavy atom. The number of carbonyl (C=O) groups is 2. The fraction of sp³-hybridized carbons (Fsp3) is 0.214. The van der Waals surface area contributed by atoms with Crippen molar-refractivity contribution < 1.29 is 14.3 Å². The molecule has 2 amide bonds. The average molecular weight is 305 g/mol. The molecule has 1 aromatic heterocycles. The summed E-state index contributed by atoms with van der Waals surface area (Å²) in [5.41, 5.74) is 0.495. The fourth-order valence-corrected chi connectivity index (χ4v) is 2.17. The van der Waals surface area contributed by atoms with Crippen molar-refractivity contribution in [1.82, 2.24) is 10.3 Å². The smallest absolute Gasteiger partial charge is 0.251 e. The van der Waals surface area contributed by atoms with E-state index in [1.165, 1.54) is 11.3 Å². The Balaban J connectivity index is 1.77. The quantitative estimate of drug-likeness (QED) is 0.854. The molecule has 0 spiro atoms. The van der Waals surface area contributed by atoms with Gasteiger partial charge >= 0.3 is 0 Å². The molecule has 0 fully saturated rings. The van der Waals surface area contributed by atoms with Crippen molar-refractivity contribution in [3.8, 4) is 5.75 Å². The van der Waals surface area contributed by atoms with Crippen LogP contribution in [0.3, 0.4) is 0 Å². The second-order valence-electron chi connectivity index (χ2n) is 4.12. The molecule has 21 heavy (non-hydrogen) atoms. The lowest BCUT2D eigenvalue weighted by Gasteiger charge is -2.06. The summed E-state index contributed by atoms with van der Waals surface area (Å²) in [6.07, 6.45) is 1.81. The summed E-state index contributed by atoms with van der Waals surface area (Å²) in [5.74, 6) is 0.191. The Morgan fingerprint density at radius 3 is 2.95 bits per heavy atom. The van der Waals surface area contributed by atoms with Crippen LogP contribution in [0.2, 0.25) is 0 Å². The van der Waals surface area contributed by atoms with Gasteiger partial charge in [0.1, 0.15) is 5.75 Å². The Bertz CT molecular complexity index is 614. The van der Waals surface area contributed by atoms with E-state index in [4.69, 9.17) is 4.74 Å². The van der Waals surface area contributed by atoms with Crippen LogP contribution in [0.4, 0.5) is 5.13 Å². The summed E-state index contributed by atoms with van der Waals surface area (Å²) in [7, 11) is 1.54. The summed E-state index contributed by atoms with van der Waals surface area (Å²) in [5, 5.41) is 7.67. The van der Waals surface area contributed by atoms with Gasteiger partial charge in [0.25, 0.3) is 5.91 Å². The second-order valence-corrected chi connectivity index (χ2v) is 5.02. The lowest BCUT2D eigenvalue weighted by molar-refractivity contribution is -0.116. The number of anilines is 1. The molecule has 0 unspecified atom stereocenters. The van der Waals surface area contributed by atoms with E-state index in [0.717, 1.165) is 0 Å². The van der Waals surface area contributed by atoms with Crippen molar-refractivity contribution in [2.75, 3.05) is 19.0 Å². The van der Waals surface area contributed by atoms with Gasteiger partial charge in [0.2, 0.25) is 5.91 Å². The predicted molar refractivity (Wildman–Crippen MR) is 80.7 cm³/mol. The van der Waals surface area contributed by atoms with E-state index >= 15 is 0 Å². The Hall–Kier alpha value is -2.41. The van der Waals surface area contributed by atoms with Crippen molar-refractivity contribution in [2.45, 2.75) is 6.42 Å². The number of amides is 2. The predicted octanol–water partition coefficient (Wildman–Crippen LogP) is 1.91. The van der Waals surface area contributed by atoms with E-state index in [9.17, 15) is 9.59 Å². The number of methoxy groups -OCH3 is 1. The molecule has 6 nitrogen and oxygen atoms in total. The molecule has 2 aromatic rings. The molecule has 0 bridgehead atoms. The highest BCUT2D eigenvalue weighted by atomic mass is 32.1. The lowest BCUT2D eigenvalue weighted by Crippen LogP contribution is -2.27. The van der Waals surface area contributed by atoms with Crippen LogP contribution < -0.4 is 15.4 Å². The number of aromatic nitrogens is 1. The minimum atomic E-state index is -0.240. The molecule has 0 aliphatic heterocycles. The van der Waals surface area contributed by atoms with Gasteiger partial charge in [0.15, 0.2) is 5.13 Å². The first-order chi connectivity index (χ1) is 10.2. The fourth-order valence-electron chi connectivity index (χ4n) is 1.62. The zero-order chi connectivity index (χ0) is 15.1. The van der Waals surface area contributed by atoms with Crippen LogP contribution in [0.25, 0.3) is 0 Å². The third-order valence-electron chi connectivity index (χ3n) is 2.65. The number of ether oxygens (including phenoxy) is 1. The summed E-state index contributed by atoms with van der Waals surface area (Å²) in [6, 6.07) is 6.83. The number of nitrogens with zero attached hydrogens (tertiary/aromatic N) is 1. The van der Waals surface area contributed by atoms with Gasteiger partial charge < -0.3 is 15.4 Å². The van der Waals surface area contributed by atoms with Crippen LogP contribution in [-0.4, -0.2) is 30.5 Å². The number of hydrogen-bond acceptors (Lipinski definition) is 5. The molecule has 110 valence electrons. The summed E-state index contributed by atoms with van der Waals surface area (Å²) in [6.45, 7) is 0.257. The molecular weight excluding hydrogens is 290 g/mol. The first-order valence-corrected chi connectivity index (χ1v) is 7.18. The molecule has 0 radical (unpaired) electrons. The van der Waals surface area contributed by atoms with E-state index in [2.05, 4.69) is 15.6 Å². The van der Waals surface area contributed by atoms with Crippen LogP contribution in [0.15, 0.2) is 35.8 Å². The molecule has 2 N–H and O–H groups in total. The third kappa shape index (κ3) is 4.57. The normalized spacial score (nSPS) is 9.95. The van der Waals surface area contributed by atoms with Crippen molar-refractivity contribution in [2.24, 2.45) is 0 Å². The molecule has 0 aliphatic rings. The number of benzene rings is 1. The molecule has 1 heterocycles. The van der Waals surface area contributed by atoms with Gasteiger partial charge in [0.05, 0.1) is 7.11 Å². The first kappa shape index (κ1) is 15.0. The van der Waals surface area contributed by atoms with Gasteiger partial charge in [-0.2, -0.15) is 0 Å². The van der Waals surface area contributed by atoms with Crippen LogP contribution in [0.5, 0.6) is 5.75 Å². The van der Waals surface area contributed by atoms with E-state index in [0.29, 0.717) is 16.4 Å². The summed E-state index contributed by atoms with van der Waals surface area (Å²) >= 11 is 1.35. The Morgan fingerprint density at radius 2 is 2.24 bits per heavy atom. The van der Waals surface area contributed by atoms with Crippen molar-refractivity contribution in [1.29, 1.82) is 0 Å². The molecule has 2 rings (SSSR count). The highest BCUT2D eigenvalue weighted by Crippen LogP contribution is 2.12. The van der Waals surface area contributed by atoms with E-state index in [1.807, 2.05) is 0 Å². The maximum Gasteiger partial charge on any atom is 0.251 e. The number of hydrogen-bond donors (Lipinski definition) is 2. The number of rotatable bonds is 6. The minimum absolute atomic E-state index is 0.184. The Labute approximate surface area is 126 Å².